The van der Waals surface area contributed by atoms with Crippen LogP contribution in [0.5, 0.6) is 0 Å². The maximum Gasteiger partial charge on any atom is 0.413 e. The van der Waals surface area contributed by atoms with E-state index in [0.29, 0.717) is 16.6 Å². The number of rotatable bonds is 4. The zero-order valence-corrected chi connectivity index (χ0v) is 12.1. The molecule has 0 bridgehead atoms. The van der Waals surface area contributed by atoms with Gasteiger partial charge in [0.05, 0.1) is 23.7 Å². The molecule has 0 saturated heterocycles. The maximum absolute atomic E-state index is 11.4. The van der Waals surface area contributed by atoms with Gasteiger partial charge >= 0.3 is 6.09 Å². The van der Waals surface area contributed by atoms with Crippen molar-refractivity contribution in [1.82, 2.24) is 10.2 Å². The normalized spacial score (nSPS) is 10.4. The molecule has 0 aliphatic rings. The van der Waals surface area contributed by atoms with E-state index in [1.807, 2.05) is 6.07 Å². The standard InChI is InChI=1S/C12H14Cl2N2O3/c1-16(7-11(17)15-12(18)19-2)6-8-3-4-9(13)10(14)5-8/h3-5H,6-7H2,1-2H3,(H,15,17,18). The van der Waals surface area contributed by atoms with E-state index in [1.54, 1.807) is 24.1 Å². The van der Waals surface area contributed by atoms with Crippen LogP contribution < -0.4 is 5.32 Å². The van der Waals surface area contributed by atoms with Crippen molar-refractivity contribution in [2.24, 2.45) is 0 Å². The summed E-state index contributed by atoms with van der Waals surface area (Å²) in [5.74, 6) is -0.436. The van der Waals surface area contributed by atoms with Crippen LogP contribution in [0.25, 0.3) is 0 Å². The fraction of sp³-hybridized carbons (Fsp3) is 0.333. The molecule has 1 aromatic rings. The summed E-state index contributed by atoms with van der Waals surface area (Å²) in [6, 6.07) is 5.25. The lowest BCUT2D eigenvalue weighted by molar-refractivity contribution is -0.121. The number of amides is 2. The third-order valence-electron chi connectivity index (χ3n) is 2.28. The number of imide groups is 1. The van der Waals surface area contributed by atoms with Crippen LogP contribution in [-0.2, 0) is 16.1 Å². The van der Waals surface area contributed by atoms with Crippen molar-refractivity contribution < 1.29 is 14.3 Å². The van der Waals surface area contributed by atoms with Crippen molar-refractivity contribution in [1.29, 1.82) is 0 Å². The van der Waals surface area contributed by atoms with Gasteiger partial charge in [-0.05, 0) is 24.7 Å². The smallest absolute Gasteiger partial charge is 0.413 e. The molecule has 1 N–H and O–H groups in total. The number of carbonyl (C=O) groups is 2. The Labute approximate surface area is 121 Å². The molecule has 0 atom stereocenters. The molecule has 0 aliphatic heterocycles. The Balaban J connectivity index is 2.50. The van der Waals surface area contributed by atoms with Gasteiger partial charge in [-0.15, -0.1) is 0 Å². The van der Waals surface area contributed by atoms with E-state index in [4.69, 9.17) is 23.2 Å². The Hall–Kier alpha value is -1.30. The molecule has 0 unspecified atom stereocenters. The van der Waals surface area contributed by atoms with Gasteiger partial charge in [-0.3, -0.25) is 15.0 Å². The van der Waals surface area contributed by atoms with Crippen LogP contribution >= 0.6 is 23.2 Å². The fourth-order valence-electron chi connectivity index (χ4n) is 1.46. The quantitative estimate of drug-likeness (QED) is 0.927. The molecule has 7 heteroatoms. The minimum atomic E-state index is -0.770. The SMILES string of the molecule is COC(=O)NC(=O)CN(C)Cc1ccc(Cl)c(Cl)c1. The highest BCUT2D eigenvalue weighted by Gasteiger charge is 2.11. The van der Waals surface area contributed by atoms with E-state index in [0.717, 1.165) is 5.56 Å². The Bertz CT molecular complexity index is 480. The number of hydrogen-bond acceptors (Lipinski definition) is 4. The first-order chi connectivity index (χ1) is 8.92. The molecule has 19 heavy (non-hydrogen) atoms. The van der Waals surface area contributed by atoms with Crippen LogP contribution in [0.1, 0.15) is 5.56 Å². The van der Waals surface area contributed by atoms with Crippen molar-refractivity contribution >= 4 is 35.2 Å². The molecule has 0 aliphatic carbocycles. The molecule has 5 nitrogen and oxygen atoms in total. The molecular formula is C12H14Cl2N2O3. The maximum atomic E-state index is 11.4. The second-order valence-corrected chi connectivity index (χ2v) is 4.77. The summed E-state index contributed by atoms with van der Waals surface area (Å²) in [4.78, 5) is 24.0. The van der Waals surface area contributed by atoms with Gasteiger partial charge < -0.3 is 4.74 Å². The number of nitrogens with one attached hydrogen (secondary N) is 1. The molecule has 0 spiro atoms. The Kier molecular flexibility index (Phi) is 6.08. The highest BCUT2D eigenvalue weighted by molar-refractivity contribution is 6.42. The van der Waals surface area contributed by atoms with E-state index in [9.17, 15) is 9.59 Å². The average molecular weight is 305 g/mol. The molecule has 1 aromatic carbocycles. The second-order valence-electron chi connectivity index (χ2n) is 3.96. The lowest BCUT2D eigenvalue weighted by atomic mass is 10.2. The minimum Gasteiger partial charge on any atom is -0.453 e. The van der Waals surface area contributed by atoms with Gasteiger partial charge in [0.25, 0.3) is 0 Å². The van der Waals surface area contributed by atoms with Crippen molar-refractivity contribution in [3.05, 3.63) is 33.8 Å². The van der Waals surface area contributed by atoms with E-state index < -0.39 is 12.0 Å². The van der Waals surface area contributed by atoms with Crippen LogP contribution in [0.4, 0.5) is 4.79 Å². The molecule has 0 saturated carbocycles. The summed E-state index contributed by atoms with van der Waals surface area (Å²) in [7, 11) is 2.95. The summed E-state index contributed by atoms with van der Waals surface area (Å²) in [5.41, 5.74) is 0.919. The molecule has 0 heterocycles. The van der Waals surface area contributed by atoms with Gasteiger partial charge in [0, 0.05) is 6.54 Å². The topological polar surface area (TPSA) is 58.6 Å². The number of ether oxygens (including phenoxy) is 1. The zero-order valence-electron chi connectivity index (χ0n) is 10.6. The van der Waals surface area contributed by atoms with Gasteiger partial charge in [0.1, 0.15) is 0 Å². The minimum absolute atomic E-state index is 0.0648. The largest absolute Gasteiger partial charge is 0.453 e. The van der Waals surface area contributed by atoms with Gasteiger partial charge in [-0.25, -0.2) is 4.79 Å². The summed E-state index contributed by atoms with van der Waals surface area (Å²) >= 11 is 11.7. The molecular weight excluding hydrogens is 291 g/mol. The Morgan fingerprint density at radius 3 is 2.58 bits per heavy atom. The molecule has 0 radical (unpaired) electrons. The van der Waals surface area contributed by atoms with Gasteiger partial charge in [0.15, 0.2) is 0 Å². The fourth-order valence-corrected chi connectivity index (χ4v) is 1.78. The second kappa shape index (κ2) is 7.33. The van der Waals surface area contributed by atoms with Crippen molar-refractivity contribution in [3.8, 4) is 0 Å². The van der Waals surface area contributed by atoms with Crippen LogP contribution in [0.15, 0.2) is 18.2 Å². The number of halogens is 2. The number of likely N-dealkylation sites (N-methyl/N-ethyl adjacent to an activating group) is 1. The van der Waals surface area contributed by atoms with E-state index in [1.165, 1.54) is 7.11 Å². The van der Waals surface area contributed by atoms with E-state index >= 15 is 0 Å². The Morgan fingerprint density at radius 1 is 1.32 bits per heavy atom. The first kappa shape index (κ1) is 15.8. The number of carbonyl (C=O) groups excluding carboxylic acids is 2. The molecule has 104 valence electrons. The highest BCUT2D eigenvalue weighted by Crippen LogP contribution is 2.22. The van der Waals surface area contributed by atoms with Crippen LogP contribution in [0.2, 0.25) is 10.0 Å². The lowest BCUT2D eigenvalue weighted by Gasteiger charge is -2.16. The molecule has 2 amide bonds. The number of methoxy groups -OCH3 is 1. The molecule has 0 aromatic heterocycles. The van der Waals surface area contributed by atoms with Gasteiger partial charge in [0.2, 0.25) is 5.91 Å². The average Bonchev–Trinajstić information content (AvgIpc) is 2.33. The van der Waals surface area contributed by atoms with Crippen molar-refractivity contribution in [2.75, 3.05) is 20.7 Å². The highest BCUT2D eigenvalue weighted by atomic mass is 35.5. The summed E-state index contributed by atoms with van der Waals surface area (Å²) in [6.07, 6.45) is -0.770. The first-order valence-electron chi connectivity index (χ1n) is 5.42. The predicted molar refractivity (Wildman–Crippen MR) is 73.3 cm³/mol. The molecule has 1 rings (SSSR count). The van der Waals surface area contributed by atoms with Crippen LogP contribution in [0.3, 0.4) is 0 Å². The monoisotopic (exact) mass is 304 g/mol. The van der Waals surface area contributed by atoms with E-state index in [-0.39, 0.29) is 6.54 Å². The van der Waals surface area contributed by atoms with Crippen molar-refractivity contribution in [2.45, 2.75) is 6.54 Å². The number of nitrogens with zero attached hydrogens (tertiary/aromatic N) is 1. The third kappa shape index (κ3) is 5.46. The number of hydrogen-bond donors (Lipinski definition) is 1. The third-order valence-corrected chi connectivity index (χ3v) is 3.02. The first-order valence-corrected chi connectivity index (χ1v) is 6.18. The van der Waals surface area contributed by atoms with E-state index in [2.05, 4.69) is 10.1 Å². The van der Waals surface area contributed by atoms with Crippen LogP contribution in [-0.4, -0.2) is 37.6 Å². The Morgan fingerprint density at radius 2 is 2.00 bits per heavy atom. The summed E-state index contributed by atoms with van der Waals surface area (Å²) < 4.78 is 4.33. The van der Waals surface area contributed by atoms with Crippen molar-refractivity contribution in [3.63, 3.8) is 0 Å². The predicted octanol–water partition coefficient (Wildman–Crippen LogP) is 2.31. The lowest BCUT2D eigenvalue weighted by Crippen LogP contribution is -2.38. The summed E-state index contributed by atoms with van der Waals surface area (Å²) in [5, 5.41) is 3.03. The van der Waals surface area contributed by atoms with Gasteiger partial charge in [-0.1, -0.05) is 29.3 Å². The zero-order chi connectivity index (χ0) is 14.4. The molecule has 0 fully saturated rings. The van der Waals surface area contributed by atoms with Gasteiger partial charge in [-0.2, -0.15) is 0 Å². The van der Waals surface area contributed by atoms with Crippen LogP contribution in [0, 0.1) is 0 Å². The number of alkyl carbamates (subject to hydrolysis) is 1. The summed E-state index contributed by atoms with van der Waals surface area (Å²) in [6.45, 7) is 0.570. The number of benzene rings is 1.